The van der Waals surface area contributed by atoms with Crippen LogP contribution in [-0.2, 0) is 4.74 Å². The van der Waals surface area contributed by atoms with Gasteiger partial charge < -0.3 is 4.74 Å². The Hall–Kier alpha value is -0.0200. The van der Waals surface area contributed by atoms with Crippen molar-refractivity contribution in [3.05, 3.63) is 0 Å². The van der Waals surface area contributed by atoms with E-state index in [-0.39, 0.29) is 6.10 Å². The molecule has 0 N–H and O–H groups in total. The van der Waals surface area contributed by atoms with Crippen LogP contribution in [0.3, 0.4) is 0 Å². The third-order valence-corrected chi connectivity index (χ3v) is 2.73. The zero-order valence-electron chi connectivity index (χ0n) is 7.33. The Balaban J connectivity index is 2.61. The normalized spacial score (nSPS) is 31.7. The van der Waals surface area contributed by atoms with E-state index in [1.165, 1.54) is 0 Å². The Bertz CT molecular complexity index is 158. The number of nitrogens with zero attached hydrogens (tertiary/aromatic N) is 1. The summed E-state index contributed by atoms with van der Waals surface area (Å²) in [5.41, 5.74) is 0. The lowest BCUT2D eigenvalue weighted by molar-refractivity contribution is 0.0875. The first-order valence-electron chi connectivity index (χ1n) is 4.01. The number of hydrogen-bond donors (Lipinski definition) is 0. The van der Waals surface area contributed by atoms with Gasteiger partial charge in [0.1, 0.15) is 6.10 Å². The smallest absolute Gasteiger partial charge is 0.102 e. The van der Waals surface area contributed by atoms with Crippen LogP contribution >= 0.6 is 11.8 Å². The fourth-order valence-electron chi connectivity index (χ4n) is 1.08. The minimum Gasteiger partial charge on any atom is -0.369 e. The third-order valence-electron chi connectivity index (χ3n) is 1.88. The molecule has 0 fully saturated rings. The van der Waals surface area contributed by atoms with Crippen LogP contribution in [0.15, 0.2) is 4.99 Å². The van der Waals surface area contributed by atoms with E-state index in [2.05, 4.69) is 25.1 Å². The number of hydrogen-bond acceptors (Lipinski definition) is 3. The molecule has 1 aliphatic rings. The quantitative estimate of drug-likeness (QED) is 0.604. The molecule has 0 aromatic rings. The van der Waals surface area contributed by atoms with Gasteiger partial charge in [0.25, 0.3) is 0 Å². The summed E-state index contributed by atoms with van der Waals surface area (Å²) in [6.07, 6.45) is 3.35. The first kappa shape index (κ1) is 9.07. The highest BCUT2D eigenvalue weighted by Crippen LogP contribution is 2.16. The van der Waals surface area contributed by atoms with Crippen LogP contribution in [0.4, 0.5) is 0 Å². The van der Waals surface area contributed by atoms with Crippen LogP contribution in [0.1, 0.15) is 20.3 Å². The van der Waals surface area contributed by atoms with Gasteiger partial charge in [0.15, 0.2) is 0 Å². The lowest BCUT2D eigenvalue weighted by Crippen LogP contribution is -2.30. The zero-order valence-corrected chi connectivity index (χ0v) is 8.15. The number of ether oxygens (including phenoxy) is 1. The molecule has 0 aliphatic carbocycles. The molecule has 0 amide bonds. The minimum atomic E-state index is 0.216. The van der Waals surface area contributed by atoms with Gasteiger partial charge in [0.2, 0.25) is 0 Å². The van der Waals surface area contributed by atoms with Crippen molar-refractivity contribution in [1.82, 2.24) is 0 Å². The molecular formula is C8H15NOS. The minimum absolute atomic E-state index is 0.216. The number of aliphatic imine (C=N–C) groups is 1. The molecule has 1 rings (SSSR count). The van der Waals surface area contributed by atoms with E-state index >= 15 is 0 Å². The standard InChI is InChI=1S/C8H15NOS/c1-4-7-5-10-6(2)8(9-7)11-3/h6-7H,4-5H2,1-3H3. The van der Waals surface area contributed by atoms with Crippen molar-refractivity contribution in [3.8, 4) is 0 Å². The van der Waals surface area contributed by atoms with Crippen molar-refractivity contribution in [2.75, 3.05) is 12.9 Å². The van der Waals surface area contributed by atoms with E-state index in [1.54, 1.807) is 11.8 Å². The summed E-state index contributed by atoms with van der Waals surface area (Å²) >= 11 is 1.70. The predicted molar refractivity (Wildman–Crippen MR) is 50.4 cm³/mol. The molecule has 3 heteroatoms. The van der Waals surface area contributed by atoms with E-state index in [4.69, 9.17) is 4.74 Å². The van der Waals surface area contributed by atoms with Crippen molar-refractivity contribution in [2.45, 2.75) is 32.4 Å². The topological polar surface area (TPSA) is 21.6 Å². The number of thioether (sulfide) groups is 1. The maximum atomic E-state index is 5.53. The molecule has 11 heavy (non-hydrogen) atoms. The average Bonchev–Trinajstić information content (AvgIpc) is 2.05. The summed E-state index contributed by atoms with van der Waals surface area (Å²) in [4.78, 5) is 4.55. The van der Waals surface area contributed by atoms with E-state index < -0.39 is 0 Å². The third kappa shape index (κ3) is 2.20. The first-order valence-corrected chi connectivity index (χ1v) is 5.23. The van der Waals surface area contributed by atoms with Crippen LogP contribution in [0, 0.1) is 0 Å². The summed E-state index contributed by atoms with van der Waals surface area (Å²) in [6.45, 7) is 4.99. The summed E-state index contributed by atoms with van der Waals surface area (Å²) in [5.74, 6) is 0. The van der Waals surface area contributed by atoms with Crippen LogP contribution in [0.25, 0.3) is 0 Å². The molecule has 0 aromatic heterocycles. The Kier molecular flexibility index (Phi) is 3.40. The lowest BCUT2D eigenvalue weighted by Gasteiger charge is -2.24. The monoisotopic (exact) mass is 173 g/mol. The maximum Gasteiger partial charge on any atom is 0.102 e. The summed E-state index contributed by atoms with van der Waals surface area (Å²) in [6, 6.07) is 0.397. The molecule has 0 aromatic carbocycles. The van der Waals surface area contributed by atoms with Crippen molar-refractivity contribution < 1.29 is 4.74 Å². The van der Waals surface area contributed by atoms with Crippen molar-refractivity contribution >= 4 is 16.8 Å². The molecule has 0 radical (unpaired) electrons. The molecule has 1 heterocycles. The molecule has 0 spiro atoms. The fourth-order valence-corrected chi connectivity index (χ4v) is 1.73. The summed E-state index contributed by atoms with van der Waals surface area (Å²) in [5, 5.41) is 1.14. The molecule has 2 unspecified atom stereocenters. The van der Waals surface area contributed by atoms with Crippen molar-refractivity contribution in [3.63, 3.8) is 0 Å². The van der Waals surface area contributed by atoms with E-state index in [9.17, 15) is 0 Å². The highest BCUT2D eigenvalue weighted by molar-refractivity contribution is 8.13. The molecule has 0 bridgehead atoms. The van der Waals surface area contributed by atoms with Gasteiger partial charge >= 0.3 is 0 Å². The lowest BCUT2D eigenvalue weighted by atomic mass is 10.2. The van der Waals surface area contributed by atoms with Gasteiger partial charge in [-0.25, -0.2) is 0 Å². The molecule has 0 saturated carbocycles. The van der Waals surface area contributed by atoms with Crippen molar-refractivity contribution in [2.24, 2.45) is 4.99 Å². The molecule has 0 saturated heterocycles. The largest absolute Gasteiger partial charge is 0.369 e. The zero-order chi connectivity index (χ0) is 8.27. The summed E-state index contributed by atoms with van der Waals surface area (Å²) in [7, 11) is 0. The average molecular weight is 173 g/mol. The summed E-state index contributed by atoms with van der Waals surface area (Å²) < 4.78 is 5.53. The Morgan fingerprint density at radius 2 is 2.45 bits per heavy atom. The molecule has 1 aliphatic heterocycles. The van der Waals surface area contributed by atoms with Gasteiger partial charge in [-0.2, -0.15) is 0 Å². The Morgan fingerprint density at radius 3 is 3.00 bits per heavy atom. The van der Waals surface area contributed by atoms with Crippen LogP contribution < -0.4 is 0 Å². The van der Waals surface area contributed by atoms with Crippen LogP contribution in [-0.4, -0.2) is 30.1 Å². The van der Waals surface area contributed by atoms with Gasteiger partial charge in [0, 0.05) is 0 Å². The molecular weight excluding hydrogens is 158 g/mol. The van der Waals surface area contributed by atoms with Gasteiger partial charge in [-0.05, 0) is 19.6 Å². The second-order valence-corrected chi connectivity index (χ2v) is 3.54. The van der Waals surface area contributed by atoms with E-state index in [0.717, 1.165) is 18.1 Å². The van der Waals surface area contributed by atoms with Crippen molar-refractivity contribution in [1.29, 1.82) is 0 Å². The first-order chi connectivity index (χ1) is 5.27. The Morgan fingerprint density at radius 1 is 1.73 bits per heavy atom. The highest BCUT2D eigenvalue weighted by Gasteiger charge is 2.19. The van der Waals surface area contributed by atoms with E-state index in [0.29, 0.717) is 6.04 Å². The van der Waals surface area contributed by atoms with E-state index in [1.807, 2.05) is 0 Å². The predicted octanol–water partition coefficient (Wildman–Crippen LogP) is 1.95. The van der Waals surface area contributed by atoms with Gasteiger partial charge in [-0.15, -0.1) is 11.8 Å². The van der Waals surface area contributed by atoms with Gasteiger partial charge in [-0.3, -0.25) is 4.99 Å². The Labute approximate surface area is 72.4 Å². The van der Waals surface area contributed by atoms with Crippen LogP contribution in [0.2, 0.25) is 0 Å². The van der Waals surface area contributed by atoms with Crippen LogP contribution in [0.5, 0.6) is 0 Å². The van der Waals surface area contributed by atoms with Gasteiger partial charge in [-0.1, -0.05) is 6.92 Å². The molecule has 64 valence electrons. The molecule has 2 nitrogen and oxygen atoms in total. The second kappa shape index (κ2) is 4.12. The van der Waals surface area contributed by atoms with Gasteiger partial charge in [0.05, 0.1) is 17.7 Å². The SMILES string of the molecule is CCC1COC(C)C(SC)=N1. The number of rotatable bonds is 1. The second-order valence-electron chi connectivity index (χ2n) is 2.71. The molecule has 2 atom stereocenters. The fraction of sp³-hybridized carbons (Fsp3) is 0.875. The highest BCUT2D eigenvalue weighted by atomic mass is 32.2. The maximum absolute atomic E-state index is 5.53.